The normalized spacial score (nSPS) is 31.9. The van der Waals surface area contributed by atoms with Gasteiger partial charge in [0.05, 0.1) is 0 Å². The highest BCUT2D eigenvalue weighted by Crippen LogP contribution is 2.21. The van der Waals surface area contributed by atoms with Crippen molar-refractivity contribution in [2.75, 3.05) is 26.2 Å². The van der Waals surface area contributed by atoms with Gasteiger partial charge in [-0.3, -0.25) is 0 Å². The number of likely N-dealkylation sites (tertiary alicyclic amines) is 1. The number of unbranched alkanes of at least 4 members (excludes halogenated alkanes) is 1. The van der Waals surface area contributed by atoms with E-state index in [0.717, 1.165) is 17.9 Å². The quantitative estimate of drug-likeness (QED) is 0.697. The summed E-state index contributed by atoms with van der Waals surface area (Å²) in [7, 11) is 0. The maximum atomic E-state index is 3.59. The molecule has 2 unspecified atom stereocenters. The topological polar surface area (TPSA) is 15.3 Å². The molecule has 0 spiro atoms. The lowest BCUT2D eigenvalue weighted by atomic mass is 9.92. The molecule has 0 amide bonds. The van der Waals surface area contributed by atoms with E-state index in [0.29, 0.717) is 0 Å². The molecule has 2 fully saturated rings. The van der Waals surface area contributed by atoms with Crippen LogP contribution in [0.2, 0.25) is 0 Å². The predicted molar refractivity (Wildman–Crippen MR) is 69.6 cm³/mol. The van der Waals surface area contributed by atoms with E-state index in [9.17, 15) is 0 Å². The number of nitrogens with one attached hydrogen (secondary N) is 1. The zero-order chi connectivity index (χ0) is 11.4. The van der Waals surface area contributed by atoms with Gasteiger partial charge in [0.2, 0.25) is 0 Å². The summed E-state index contributed by atoms with van der Waals surface area (Å²) in [5.74, 6) is 1.82. The van der Waals surface area contributed by atoms with Crippen LogP contribution in [-0.4, -0.2) is 37.1 Å². The van der Waals surface area contributed by atoms with E-state index in [-0.39, 0.29) is 0 Å². The molecule has 2 nitrogen and oxygen atoms in total. The first-order chi connectivity index (χ1) is 7.74. The molecule has 0 bridgehead atoms. The number of rotatable bonds is 6. The average molecular weight is 224 g/mol. The summed E-state index contributed by atoms with van der Waals surface area (Å²) in [6.07, 6.45) is 7.00. The molecule has 1 saturated carbocycles. The summed E-state index contributed by atoms with van der Waals surface area (Å²) in [5, 5.41) is 3.59. The van der Waals surface area contributed by atoms with Gasteiger partial charge in [-0.25, -0.2) is 0 Å². The summed E-state index contributed by atoms with van der Waals surface area (Å²) in [6.45, 7) is 10.0. The van der Waals surface area contributed by atoms with Crippen molar-refractivity contribution in [2.45, 2.75) is 52.0 Å². The van der Waals surface area contributed by atoms with E-state index in [2.05, 4.69) is 24.1 Å². The van der Waals surface area contributed by atoms with Crippen molar-refractivity contribution in [1.82, 2.24) is 10.2 Å². The molecule has 0 aromatic carbocycles. The Hall–Kier alpha value is -0.0800. The van der Waals surface area contributed by atoms with Crippen LogP contribution >= 0.6 is 0 Å². The second-order valence-electron chi connectivity index (χ2n) is 6.14. The molecule has 1 N–H and O–H groups in total. The van der Waals surface area contributed by atoms with Crippen LogP contribution in [0.1, 0.15) is 46.0 Å². The van der Waals surface area contributed by atoms with Crippen LogP contribution in [0.3, 0.4) is 0 Å². The van der Waals surface area contributed by atoms with Crippen molar-refractivity contribution < 1.29 is 0 Å². The van der Waals surface area contributed by atoms with E-state index in [4.69, 9.17) is 0 Å². The van der Waals surface area contributed by atoms with Crippen molar-refractivity contribution in [3.05, 3.63) is 0 Å². The van der Waals surface area contributed by atoms with Gasteiger partial charge in [-0.1, -0.05) is 13.8 Å². The summed E-state index contributed by atoms with van der Waals surface area (Å²) >= 11 is 0. The molecule has 0 radical (unpaired) electrons. The average Bonchev–Trinajstić information content (AvgIpc) is 2.99. The molecule has 2 aliphatic rings. The SMILES string of the molecule is CC1CC(C)CN(CCCCNC2CC2)C1. The molecule has 1 saturated heterocycles. The second kappa shape index (κ2) is 6.02. The van der Waals surface area contributed by atoms with Gasteiger partial charge in [-0.2, -0.15) is 0 Å². The monoisotopic (exact) mass is 224 g/mol. The number of piperidine rings is 1. The maximum Gasteiger partial charge on any atom is 0.00682 e. The van der Waals surface area contributed by atoms with Gasteiger partial charge < -0.3 is 10.2 Å². The molecule has 0 aromatic heterocycles. The number of nitrogens with zero attached hydrogens (tertiary/aromatic N) is 1. The molecule has 1 heterocycles. The molecule has 0 aromatic rings. The highest BCUT2D eigenvalue weighted by Gasteiger charge is 2.21. The largest absolute Gasteiger partial charge is 0.314 e. The van der Waals surface area contributed by atoms with Crippen LogP contribution in [0.5, 0.6) is 0 Å². The Morgan fingerprint density at radius 3 is 2.38 bits per heavy atom. The Labute approximate surface area is 101 Å². The van der Waals surface area contributed by atoms with Crippen molar-refractivity contribution in [1.29, 1.82) is 0 Å². The molecule has 2 rings (SSSR count). The number of hydrogen-bond acceptors (Lipinski definition) is 2. The minimum atomic E-state index is 0.884. The first-order valence-corrected chi connectivity index (χ1v) is 7.20. The molecule has 1 aliphatic heterocycles. The second-order valence-corrected chi connectivity index (χ2v) is 6.14. The van der Waals surface area contributed by atoms with Gasteiger partial charge in [-0.05, 0) is 57.0 Å². The highest BCUT2D eigenvalue weighted by molar-refractivity contribution is 4.80. The van der Waals surface area contributed by atoms with Crippen molar-refractivity contribution in [3.8, 4) is 0 Å². The Kier molecular flexibility index (Phi) is 4.66. The van der Waals surface area contributed by atoms with Gasteiger partial charge in [0, 0.05) is 19.1 Å². The van der Waals surface area contributed by atoms with Crippen LogP contribution in [0.25, 0.3) is 0 Å². The molecule has 94 valence electrons. The Bertz CT molecular complexity index is 191. The first kappa shape index (κ1) is 12.4. The zero-order valence-electron chi connectivity index (χ0n) is 11.0. The lowest BCUT2D eigenvalue weighted by Gasteiger charge is -2.34. The van der Waals surface area contributed by atoms with Crippen LogP contribution in [0.4, 0.5) is 0 Å². The standard InChI is InChI=1S/C14H28N2/c1-12-9-13(2)11-16(10-12)8-4-3-7-15-14-5-6-14/h12-15H,3-11H2,1-2H3. The lowest BCUT2D eigenvalue weighted by Crippen LogP contribution is -2.39. The highest BCUT2D eigenvalue weighted by atomic mass is 15.1. The van der Waals surface area contributed by atoms with Crippen molar-refractivity contribution >= 4 is 0 Å². The van der Waals surface area contributed by atoms with Gasteiger partial charge >= 0.3 is 0 Å². The van der Waals surface area contributed by atoms with Gasteiger partial charge in [0.1, 0.15) is 0 Å². The third kappa shape index (κ3) is 4.42. The van der Waals surface area contributed by atoms with Crippen LogP contribution in [-0.2, 0) is 0 Å². The summed E-state index contributed by atoms with van der Waals surface area (Å²) < 4.78 is 0. The van der Waals surface area contributed by atoms with E-state index in [1.165, 1.54) is 58.3 Å². The molecule has 2 atom stereocenters. The smallest absolute Gasteiger partial charge is 0.00682 e. The van der Waals surface area contributed by atoms with Gasteiger partial charge in [0.15, 0.2) is 0 Å². The summed E-state index contributed by atoms with van der Waals surface area (Å²) in [5.41, 5.74) is 0. The third-order valence-corrected chi connectivity index (χ3v) is 3.86. The third-order valence-electron chi connectivity index (χ3n) is 3.86. The molecule has 2 heteroatoms. The Morgan fingerprint density at radius 2 is 1.75 bits per heavy atom. The maximum absolute atomic E-state index is 3.59. The van der Waals surface area contributed by atoms with Crippen LogP contribution in [0.15, 0.2) is 0 Å². The van der Waals surface area contributed by atoms with Crippen LogP contribution < -0.4 is 5.32 Å². The van der Waals surface area contributed by atoms with E-state index in [1.807, 2.05) is 0 Å². The fraction of sp³-hybridized carbons (Fsp3) is 1.00. The Balaban J connectivity index is 1.50. The van der Waals surface area contributed by atoms with E-state index < -0.39 is 0 Å². The number of hydrogen-bond donors (Lipinski definition) is 1. The molecular weight excluding hydrogens is 196 g/mol. The first-order valence-electron chi connectivity index (χ1n) is 7.20. The van der Waals surface area contributed by atoms with Gasteiger partial charge in [0.25, 0.3) is 0 Å². The van der Waals surface area contributed by atoms with E-state index in [1.54, 1.807) is 0 Å². The van der Waals surface area contributed by atoms with Crippen molar-refractivity contribution in [3.63, 3.8) is 0 Å². The fourth-order valence-corrected chi connectivity index (χ4v) is 3.03. The zero-order valence-corrected chi connectivity index (χ0v) is 11.0. The minimum absolute atomic E-state index is 0.884. The fourth-order valence-electron chi connectivity index (χ4n) is 3.03. The minimum Gasteiger partial charge on any atom is -0.314 e. The van der Waals surface area contributed by atoms with Crippen LogP contribution in [0, 0.1) is 11.8 Å². The molecule has 16 heavy (non-hydrogen) atoms. The van der Waals surface area contributed by atoms with E-state index >= 15 is 0 Å². The summed E-state index contributed by atoms with van der Waals surface area (Å²) in [6, 6.07) is 0.884. The molecular formula is C14H28N2. The molecule has 1 aliphatic carbocycles. The lowest BCUT2D eigenvalue weighted by molar-refractivity contribution is 0.139. The summed E-state index contributed by atoms with van der Waals surface area (Å²) in [4.78, 5) is 2.68. The van der Waals surface area contributed by atoms with Gasteiger partial charge in [-0.15, -0.1) is 0 Å². The predicted octanol–water partition coefficient (Wildman–Crippen LogP) is 2.50. The Morgan fingerprint density at radius 1 is 1.06 bits per heavy atom. The van der Waals surface area contributed by atoms with Crippen molar-refractivity contribution in [2.24, 2.45) is 11.8 Å².